The lowest BCUT2D eigenvalue weighted by molar-refractivity contribution is 0.302. The molecular weight excluding hydrogens is 296 g/mol. The summed E-state index contributed by atoms with van der Waals surface area (Å²) in [6, 6.07) is 17.1. The van der Waals surface area contributed by atoms with Crippen molar-refractivity contribution in [3.8, 4) is 0 Å². The first kappa shape index (κ1) is 15.2. The molecule has 1 atom stereocenters. The lowest BCUT2D eigenvalue weighted by atomic mass is 10.1. The average molecular weight is 316 g/mol. The molecule has 5 heteroatoms. The summed E-state index contributed by atoms with van der Waals surface area (Å²) in [6.45, 7) is 3.57. The third-order valence-corrected chi connectivity index (χ3v) is 5.88. The Morgan fingerprint density at radius 2 is 1.73 bits per heavy atom. The number of rotatable bonds is 3. The van der Waals surface area contributed by atoms with Crippen molar-refractivity contribution in [2.24, 2.45) is 0 Å². The number of piperazine rings is 1. The topological polar surface area (TPSA) is 49.4 Å². The van der Waals surface area contributed by atoms with Crippen LogP contribution in [0.3, 0.4) is 0 Å². The van der Waals surface area contributed by atoms with E-state index in [2.05, 4.69) is 5.32 Å². The summed E-state index contributed by atoms with van der Waals surface area (Å²) < 4.78 is 27.1. The molecule has 0 unspecified atom stereocenters. The van der Waals surface area contributed by atoms with E-state index in [1.807, 2.05) is 49.4 Å². The second kappa shape index (κ2) is 6.20. The standard InChI is InChI=1S/C17H20N2O2S/c1-14-7-9-16(10-8-14)22(20,21)19-12-11-18-17(13-19)15-5-3-2-4-6-15/h2-10,17-18H,11-13H2,1H3/t17-/m0/s1. The van der Waals surface area contributed by atoms with E-state index in [0.717, 1.165) is 11.1 Å². The summed E-state index contributed by atoms with van der Waals surface area (Å²) in [5.41, 5.74) is 2.17. The molecule has 0 bridgehead atoms. The van der Waals surface area contributed by atoms with Crippen LogP contribution in [0, 0.1) is 6.92 Å². The van der Waals surface area contributed by atoms with Gasteiger partial charge in [-0.25, -0.2) is 8.42 Å². The second-order valence-corrected chi connectivity index (χ2v) is 7.53. The first-order chi connectivity index (χ1) is 10.6. The van der Waals surface area contributed by atoms with E-state index >= 15 is 0 Å². The molecule has 4 nitrogen and oxygen atoms in total. The molecule has 0 saturated carbocycles. The van der Waals surface area contributed by atoms with Crippen LogP contribution in [0.4, 0.5) is 0 Å². The molecule has 1 aliphatic heterocycles. The van der Waals surface area contributed by atoms with Crippen LogP contribution in [0.25, 0.3) is 0 Å². The van der Waals surface area contributed by atoms with E-state index in [1.165, 1.54) is 0 Å². The average Bonchev–Trinajstić information content (AvgIpc) is 2.56. The molecule has 2 aromatic rings. The zero-order chi connectivity index (χ0) is 15.6. The van der Waals surface area contributed by atoms with E-state index in [9.17, 15) is 8.42 Å². The minimum atomic E-state index is -3.43. The maximum Gasteiger partial charge on any atom is 0.243 e. The molecule has 0 amide bonds. The van der Waals surface area contributed by atoms with Gasteiger partial charge in [-0.15, -0.1) is 0 Å². The third kappa shape index (κ3) is 3.06. The Labute approximate surface area is 131 Å². The highest BCUT2D eigenvalue weighted by molar-refractivity contribution is 7.89. The zero-order valence-corrected chi connectivity index (χ0v) is 13.4. The largest absolute Gasteiger partial charge is 0.308 e. The van der Waals surface area contributed by atoms with Crippen LogP contribution in [0.1, 0.15) is 17.2 Å². The van der Waals surface area contributed by atoms with Crippen LogP contribution in [0.5, 0.6) is 0 Å². The summed E-state index contributed by atoms with van der Waals surface area (Å²) in [5.74, 6) is 0. The van der Waals surface area contributed by atoms with Crippen LogP contribution in [0.2, 0.25) is 0 Å². The minimum absolute atomic E-state index is 0.0372. The van der Waals surface area contributed by atoms with Gasteiger partial charge in [-0.05, 0) is 24.6 Å². The molecule has 0 aromatic heterocycles. The summed E-state index contributed by atoms with van der Waals surface area (Å²) in [6.07, 6.45) is 0. The van der Waals surface area contributed by atoms with Crippen molar-refractivity contribution >= 4 is 10.0 Å². The van der Waals surface area contributed by atoms with E-state index in [4.69, 9.17) is 0 Å². The number of nitrogens with one attached hydrogen (secondary N) is 1. The fourth-order valence-electron chi connectivity index (χ4n) is 2.71. The van der Waals surface area contributed by atoms with Crippen molar-refractivity contribution in [1.29, 1.82) is 0 Å². The third-order valence-electron chi connectivity index (χ3n) is 4.00. The molecule has 1 fully saturated rings. The molecule has 0 spiro atoms. The van der Waals surface area contributed by atoms with Gasteiger partial charge in [0.15, 0.2) is 0 Å². The lowest BCUT2D eigenvalue weighted by Crippen LogP contribution is -2.48. The Hall–Kier alpha value is -1.69. The van der Waals surface area contributed by atoms with Crippen LogP contribution < -0.4 is 5.32 Å². The molecule has 22 heavy (non-hydrogen) atoms. The summed E-state index contributed by atoms with van der Waals surface area (Å²) in [4.78, 5) is 0.367. The summed E-state index contributed by atoms with van der Waals surface area (Å²) in [7, 11) is -3.43. The molecule has 2 aromatic carbocycles. The first-order valence-electron chi connectivity index (χ1n) is 7.42. The molecule has 1 N–H and O–H groups in total. The molecule has 1 aliphatic rings. The Bertz CT molecular complexity index is 727. The second-order valence-electron chi connectivity index (χ2n) is 5.59. The molecule has 3 rings (SSSR count). The van der Waals surface area contributed by atoms with Crippen molar-refractivity contribution in [3.05, 3.63) is 65.7 Å². The van der Waals surface area contributed by atoms with Crippen molar-refractivity contribution in [1.82, 2.24) is 9.62 Å². The van der Waals surface area contributed by atoms with E-state index in [1.54, 1.807) is 16.4 Å². The van der Waals surface area contributed by atoms with Crippen LogP contribution >= 0.6 is 0 Å². The van der Waals surface area contributed by atoms with Crippen molar-refractivity contribution < 1.29 is 8.42 Å². The molecule has 0 radical (unpaired) electrons. The molecule has 116 valence electrons. The van der Waals surface area contributed by atoms with Crippen molar-refractivity contribution in [3.63, 3.8) is 0 Å². The Morgan fingerprint density at radius 3 is 2.41 bits per heavy atom. The van der Waals surface area contributed by atoms with Crippen molar-refractivity contribution in [2.45, 2.75) is 17.9 Å². The smallest absolute Gasteiger partial charge is 0.243 e. The quantitative estimate of drug-likeness (QED) is 0.945. The van der Waals surface area contributed by atoms with Gasteiger partial charge in [-0.3, -0.25) is 0 Å². The number of sulfonamides is 1. The molecule has 1 saturated heterocycles. The fraction of sp³-hybridized carbons (Fsp3) is 0.294. The Morgan fingerprint density at radius 1 is 1.05 bits per heavy atom. The predicted molar refractivity (Wildman–Crippen MR) is 87.1 cm³/mol. The van der Waals surface area contributed by atoms with E-state index in [-0.39, 0.29) is 6.04 Å². The number of aryl methyl sites for hydroxylation is 1. The van der Waals surface area contributed by atoms with Gasteiger partial charge in [-0.2, -0.15) is 4.31 Å². The first-order valence-corrected chi connectivity index (χ1v) is 8.86. The van der Waals surface area contributed by atoms with E-state index < -0.39 is 10.0 Å². The van der Waals surface area contributed by atoms with Gasteiger partial charge in [0.2, 0.25) is 10.0 Å². The van der Waals surface area contributed by atoms with Gasteiger partial charge in [0.05, 0.1) is 4.90 Å². The number of hydrogen-bond donors (Lipinski definition) is 1. The highest BCUT2D eigenvalue weighted by atomic mass is 32.2. The maximum absolute atomic E-state index is 12.8. The van der Waals surface area contributed by atoms with Gasteiger partial charge in [0.25, 0.3) is 0 Å². The molecular formula is C17H20N2O2S. The maximum atomic E-state index is 12.8. The minimum Gasteiger partial charge on any atom is -0.308 e. The Balaban J connectivity index is 1.83. The normalized spacial score (nSPS) is 20.0. The fourth-order valence-corrected chi connectivity index (χ4v) is 4.16. The molecule has 1 heterocycles. The number of nitrogens with zero attached hydrogens (tertiary/aromatic N) is 1. The number of benzene rings is 2. The van der Waals surface area contributed by atoms with Gasteiger partial charge in [-0.1, -0.05) is 48.0 Å². The zero-order valence-electron chi connectivity index (χ0n) is 12.6. The number of hydrogen-bond acceptors (Lipinski definition) is 3. The monoisotopic (exact) mass is 316 g/mol. The van der Waals surface area contributed by atoms with Gasteiger partial charge < -0.3 is 5.32 Å². The van der Waals surface area contributed by atoms with Gasteiger partial charge in [0.1, 0.15) is 0 Å². The van der Waals surface area contributed by atoms with Crippen LogP contribution in [-0.2, 0) is 10.0 Å². The van der Waals surface area contributed by atoms with Crippen LogP contribution in [-0.4, -0.2) is 32.4 Å². The summed E-state index contributed by atoms with van der Waals surface area (Å²) >= 11 is 0. The Kier molecular flexibility index (Phi) is 4.29. The predicted octanol–water partition coefficient (Wildman–Crippen LogP) is 2.33. The summed E-state index contributed by atoms with van der Waals surface area (Å²) in [5, 5.41) is 3.39. The molecule has 0 aliphatic carbocycles. The SMILES string of the molecule is Cc1ccc(S(=O)(=O)N2CCN[C@H](c3ccccc3)C2)cc1. The van der Waals surface area contributed by atoms with E-state index in [0.29, 0.717) is 24.5 Å². The van der Waals surface area contributed by atoms with Gasteiger partial charge >= 0.3 is 0 Å². The van der Waals surface area contributed by atoms with Crippen molar-refractivity contribution in [2.75, 3.05) is 19.6 Å². The van der Waals surface area contributed by atoms with Gasteiger partial charge in [0, 0.05) is 25.7 Å². The highest BCUT2D eigenvalue weighted by Crippen LogP contribution is 2.23. The lowest BCUT2D eigenvalue weighted by Gasteiger charge is -2.33. The van der Waals surface area contributed by atoms with Crippen LogP contribution in [0.15, 0.2) is 59.5 Å². The highest BCUT2D eigenvalue weighted by Gasteiger charge is 2.30.